The van der Waals surface area contributed by atoms with Crippen molar-refractivity contribution >= 4 is 11.6 Å². The van der Waals surface area contributed by atoms with Gasteiger partial charge < -0.3 is 0 Å². The van der Waals surface area contributed by atoms with E-state index in [9.17, 15) is 8.78 Å². The molecule has 0 fully saturated rings. The Morgan fingerprint density at radius 2 is 2.00 bits per heavy atom. The SMILES string of the molecule is N#Cc1c(F)ccc(-c2cc(Cl)ccn2)c1F. The molecule has 0 aliphatic carbocycles. The molecule has 0 atom stereocenters. The standard InChI is InChI=1S/C12H5ClF2N2/c13-7-3-4-17-11(5-7)8-1-2-10(14)9(6-16)12(8)15/h1-5H. The van der Waals surface area contributed by atoms with E-state index < -0.39 is 17.2 Å². The van der Waals surface area contributed by atoms with Gasteiger partial charge in [-0.2, -0.15) is 5.26 Å². The fourth-order valence-electron chi connectivity index (χ4n) is 1.40. The third-order valence-corrected chi connectivity index (χ3v) is 2.44. The highest BCUT2D eigenvalue weighted by atomic mass is 35.5. The molecule has 0 spiro atoms. The summed E-state index contributed by atoms with van der Waals surface area (Å²) in [5.74, 6) is -1.82. The van der Waals surface area contributed by atoms with E-state index in [1.54, 1.807) is 0 Å². The van der Waals surface area contributed by atoms with Gasteiger partial charge in [0.05, 0.1) is 5.69 Å². The van der Waals surface area contributed by atoms with Gasteiger partial charge >= 0.3 is 0 Å². The van der Waals surface area contributed by atoms with Gasteiger partial charge in [0.25, 0.3) is 0 Å². The van der Waals surface area contributed by atoms with Crippen molar-refractivity contribution in [2.24, 2.45) is 0 Å². The summed E-state index contributed by atoms with van der Waals surface area (Å²) < 4.78 is 26.9. The molecule has 0 aliphatic heterocycles. The second-order valence-electron chi connectivity index (χ2n) is 3.26. The number of aromatic nitrogens is 1. The van der Waals surface area contributed by atoms with Gasteiger partial charge in [0.15, 0.2) is 5.82 Å². The van der Waals surface area contributed by atoms with Crippen LogP contribution in [0.25, 0.3) is 11.3 Å². The van der Waals surface area contributed by atoms with Gasteiger partial charge in [-0.1, -0.05) is 11.6 Å². The number of hydrogen-bond acceptors (Lipinski definition) is 2. The molecule has 0 saturated heterocycles. The van der Waals surface area contributed by atoms with Crippen molar-refractivity contribution in [3.05, 3.63) is 52.7 Å². The lowest BCUT2D eigenvalue weighted by atomic mass is 10.1. The van der Waals surface area contributed by atoms with Crippen molar-refractivity contribution in [2.45, 2.75) is 0 Å². The third kappa shape index (κ3) is 2.10. The highest BCUT2D eigenvalue weighted by Gasteiger charge is 2.15. The van der Waals surface area contributed by atoms with Crippen molar-refractivity contribution in [2.75, 3.05) is 0 Å². The normalized spacial score (nSPS) is 10.0. The zero-order chi connectivity index (χ0) is 12.4. The molecule has 0 aliphatic rings. The Morgan fingerprint density at radius 3 is 2.65 bits per heavy atom. The predicted octanol–water partition coefficient (Wildman–Crippen LogP) is 3.55. The van der Waals surface area contributed by atoms with Crippen LogP contribution < -0.4 is 0 Å². The van der Waals surface area contributed by atoms with Gasteiger partial charge in [-0.3, -0.25) is 4.98 Å². The quantitative estimate of drug-likeness (QED) is 0.776. The second-order valence-corrected chi connectivity index (χ2v) is 3.69. The number of pyridine rings is 1. The first kappa shape index (κ1) is 11.5. The van der Waals surface area contributed by atoms with E-state index in [4.69, 9.17) is 16.9 Å². The van der Waals surface area contributed by atoms with Crippen LogP contribution in [0.15, 0.2) is 30.5 Å². The average molecular weight is 251 g/mol. The maximum absolute atomic E-state index is 13.8. The van der Waals surface area contributed by atoms with Crippen LogP contribution in [0.5, 0.6) is 0 Å². The number of halogens is 3. The predicted molar refractivity (Wildman–Crippen MR) is 59.3 cm³/mol. The van der Waals surface area contributed by atoms with Crippen molar-refractivity contribution < 1.29 is 8.78 Å². The smallest absolute Gasteiger partial charge is 0.153 e. The summed E-state index contributed by atoms with van der Waals surface area (Å²) in [5.41, 5.74) is -0.318. The Bertz CT molecular complexity index is 620. The van der Waals surface area contributed by atoms with E-state index in [0.717, 1.165) is 6.07 Å². The van der Waals surface area contributed by atoms with Crippen LogP contribution in [0.1, 0.15) is 5.56 Å². The summed E-state index contributed by atoms with van der Waals surface area (Å²) >= 11 is 5.75. The molecule has 0 radical (unpaired) electrons. The largest absolute Gasteiger partial charge is 0.256 e. The molecule has 5 heteroatoms. The first-order valence-corrected chi connectivity index (χ1v) is 5.01. The van der Waals surface area contributed by atoms with E-state index in [2.05, 4.69) is 4.98 Å². The van der Waals surface area contributed by atoms with Crippen LogP contribution in [0.4, 0.5) is 8.78 Å². The van der Waals surface area contributed by atoms with Crippen LogP contribution in [0, 0.1) is 23.0 Å². The zero-order valence-corrected chi connectivity index (χ0v) is 9.17. The van der Waals surface area contributed by atoms with E-state index >= 15 is 0 Å². The fourth-order valence-corrected chi connectivity index (χ4v) is 1.56. The number of rotatable bonds is 1. The highest BCUT2D eigenvalue weighted by molar-refractivity contribution is 6.30. The van der Waals surface area contributed by atoms with Crippen molar-refractivity contribution in [1.82, 2.24) is 4.98 Å². The summed E-state index contributed by atoms with van der Waals surface area (Å²) in [6.07, 6.45) is 1.41. The highest BCUT2D eigenvalue weighted by Crippen LogP contribution is 2.26. The molecule has 0 saturated carbocycles. The second kappa shape index (κ2) is 4.48. The van der Waals surface area contributed by atoms with E-state index in [1.807, 2.05) is 0 Å². The molecule has 1 aromatic carbocycles. The third-order valence-electron chi connectivity index (χ3n) is 2.20. The number of nitrogens with zero attached hydrogens (tertiary/aromatic N) is 2. The molecule has 0 bridgehead atoms. The average Bonchev–Trinajstić information content (AvgIpc) is 2.29. The molecule has 0 N–H and O–H groups in total. The monoisotopic (exact) mass is 250 g/mol. The Morgan fingerprint density at radius 1 is 1.24 bits per heavy atom. The molecule has 0 amide bonds. The Hall–Kier alpha value is -1.99. The van der Waals surface area contributed by atoms with Crippen LogP contribution in [-0.2, 0) is 0 Å². The Labute approximate surface area is 101 Å². The fraction of sp³-hybridized carbons (Fsp3) is 0. The number of hydrogen-bond donors (Lipinski definition) is 0. The summed E-state index contributed by atoms with van der Waals surface area (Å²) in [6.45, 7) is 0. The summed E-state index contributed by atoms with van der Waals surface area (Å²) in [5, 5.41) is 9.04. The molecule has 2 rings (SSSR count). The molecule has 17 heavy (non-hydrogen) atoms. The van der Waals surface area contributed by atoms with E-state index in [1.165, 1.54) is 30.5 Å². The number of nitriles is 1. The van der Waals surface area contributed by atoms with E-state index in [-0.39, 0.29) is 11.3 Å². The van der Waals surface area contributed by atoms with Gasteiger partial charge in [-0.15, -0.1) is 0 Å². The minimum absolute atomic E-state index is 0.0467. The van der Waals surface area contributed by atoms with Crippen molar-refractivity contribution in [3.63, 3.8) is 0 Å². The molecular formula is C12H5ClF2N2. The van der Waals surface area contributed by atoms with Gasteiger partial charge in [0, 0.05) is 16.8 Å². The van der Waals surface area contributed by atoms with Gasteiger partial charge in [-0.25, -0.2) is 8.78 Å². The van der Waals surface area contributed by atoms with Crippen LogP contribution in [0.3, 0.4) is 0 Å². The summed E-state index contributed by atoms with van der Waals surface area (Å²) in [4.78, 5) is 3.92. The van der Waals surface area contributed by atoms with E-state index in [0.29, 0.717) is 5.02 Å². The van der Waals surface area contributed by atoms with Gasteiger partial charge in [-0.05, 0) is 24.3 Å². The Kier molecular flexibility index (Phi) is 3.03. The maximum atomic E-state index is 13.8. The Balaban J connectivity index is 2.66. The lowest BCUT2D eigenvalue weighted by Gasteiger charge is -2.04. The van der Waals surface area contributed by atoms with Crippen LogP contribution in [0.2, 0.25) is 5.02 Å². The molecule has 2 nitrogen and oxygen atoms in total. The number of benzene rings is 1. The first-order valence-electron chi connectivity index (χ1n) is 4.63. The zero-order valence-electron chi connectivity index (χ0n) is 8.42. The molecule has 84 valence electrons. The van der Waals surface area contributed by atoms with Crippen molar-refractivity contribution in [1.29, 1.82) is 5.26 Å². The lowest BCUT2D eigenvalue weighted by Crippen LogP contribution is -1.95. The molecule has 2 aromatic rings. The first-order chi connectivity index (χ1) is 8.13. The molecule has 1 aromatic heterocycles. The molecule has 0 unspecified atom stereocenters. The molecule has 1 heterocycles. The minimum atomic E-state index is -0.928. The maximum Gasteiger partial charge on any atom is 0.153 e. The van der Waals surface area contributed by atoms with Crippen LogP contribution in [-0.4, -0.2) is 4.98 Å². The molecular weight excluding hydrogens is 246 g/mol. The topological polar surface area (TPSA) is 36.7 Å². The summed E-state index contributed by atoms with van der Waals surface area (Å²) in [6, 6.07) is 6.71. The van der Waals surface area contributed by atoms with Gasteiger partial charge in [0.1, 0.15) is 17.4 Å². The van der Waals surface area contributed by atoms with Gasteiger partial charge in [0.2, 0.25) is 0 Å². The lowest BCUT2D eigenvalue weighted by molar-refractivity contribution is 0.579. The van der Waals surface area contributed by atoms with Crippen molar-refractivity contribution in [3.8, 4) is 17.3 Å². The van der Waals surface area contributed by atoms with Crippen LogP contribution >= 0.6 is 11.6 Å². The summed E-state index contributed by atoms with van der Waals surface area (Å²) in [7, 11) is 0. The minimum Gasteiger partial charge on any atom is -0.256 e.